The van der Waals surface area contributed by atoms with Gasteiger partial charge in [0.1, 0.15) is 6.61 Å². The molecule has 6 heteroatoms. The number of amides is 1. The van der Waals surface area contributed by atoms with E-state index in [-0.39, 0.29) is 12.4 Å². The van der Waals surface area contributed by atoms with E-state index in [9.17, 15) is 9.59 Å². The molecule has 0 saturated heterocycles. The van der Waals surface area contributed by atoms with Gasteiger partial charge in [-0.2, -0.15) is 0 Å². The van der Waals surface area contributed by atoms with Crippen molar-refractivity contribution < 1.29 is 14.3 Å². The van der Waals surface area contributed by atoms with Crippen molar-refractivity contribution in [1.29, 1.82) is 0 Å². The molecule has 6 nitrogen and oxygen atoms in total. The van der Waals surface area contributed by atoms with E-state index >= 15 is 0 Å². The second kappa shape index (κ2) is 9.24. The molecule has 0 fully saturated rings. The first-order valence-corrected chi connectivity index (χ1v) is 8.51. The minimum Gasteiger partial charge on any atom is -0.445 e. The lowest BCUT2D eigenvalue weighted by atomic mass is 10.0. The molecular formula is C21H19N3O3. The fourth-order valence-corrected chi connectivity index (χ4v) is 2.46. The van der Waals surface area contributed by atoms with Crippen molar-refractivity contribution in [1.82, 2.24) is 15.3 Å². The van der Waals surface area contributed by atoms with Crippen LogP contribution in [0.5, 0.6) is 0 Å². The third-order valence-electron chi connectivity index (χ3n) is 3.89. The fourth-order valence-electron chi connectivity index (χ4n) is 2.46. The molecule has 27 heavy (non-hydrogen) atoms. The third kappa shape index (κ3) is 5.74. The first kappa shape index (κ1) is 18.3. The van der Waals surface area contributed by atoms with Crippen LogP contribution in [0.1, 0.15) is 27.0 Å². The van der Waals surface area contributed by atoms with Crippen molar-refractivity contribution in [3.63, 3.8) is 0 Å². The number of Topliss-reactive ketones (excluding diaryl/α,β-unsaturated/α-hetero) is 1. The molecule has 2 aromatic heterocycles. The van der Waals surface area contributed by atoms with Gasteiger partial charge >= 0.3 is 6.09 Å². The van der Waals surface area contributed by atoms with E-state index in [2.05, 4.69) is 15.3 Å². The summed E-state index contributed by atoms with van der Waals surface area (Å²) in [7, 11) is 0. The summed E-state index contributed by atoms with van der Waals surface area (Å²) in [6.07, 6.45) is 6.48. The number of pyridine rings is 2. The molecule has 1 amide bonds. The lowest BCUT2D eigenvalue weighted by Gasteiger charge is -2.08. The summed E-state index contributed by atoms with van der Waals surface area (Å²) in [5.74, 6) is 0.0263. The fraction of sp³-hybridized carbons (Fsp3) is 0.143. The summed E-state index contributed by atoms with van der Waals surface area (Å²) in [4.78, 5) is 32.0. The highest BCUT2D eigenvalue weighted by Gasteiger charge is 2.08. The molecule has 0 unspecified atom stereocenters. The zero-order valence-electron chi connectivity index (χ0n) is 14.7. The van der Waals surface area contributed by atoms with Crippen LogP contribution in [0.2, 0.25) is 0 Å². The van der Waals surface area contributed by atoms with Gasteiger partial charge in [0, 0.05) is 48.9 Å². The SMILES string of the molecule is O=C(NCc1ccc(C(=O)Cc2cccnc2)cc1)OCc1cccnc1. The van der Waals surface area contributed by atoms with Crippen LogP contribution in [0.25, 0.3) is 0 Å². The molecule has 0 bridgehead atoms. The normalized spacial score (nSPS) is 10.2. The van der Waals surface area contributed by atoms with Crippen molar-refractivity contribution in [3.8, 4) is 0 Å². The second-order valence-electron chi connectivity index (χ2n) is 5.95. The highest BCUT2D eigenvalue weighted by atomic mass is 16.5. The molecule has 1 N–H and O–H groups in total. The number of alkyl carbamates (subject to hydrolysis) is 1. The largest absolute Gasteiger partial charge is 0.445 e. The predicted molar refractivity (Wildman–Crippen MR) is 100.0 cm³/mol. The highest BCUT2D eigenvalue weighted by Crippen LogP contribution is 2.09. The van der Waals surface area contributed by atoms with Crippen LogP contribution >= 0.6 is 0 Å². The molecular weight excluding hydrogens is 342 g/mol. The summed E-state index contributed by atoms with van der Waals surface area (Å²) in [5, 5.41) is 2.68. The van der Waals surface area contributed by atoms with Gasteiger partial charge in [0.05, 0.1) is 0 Å². The molecule has 1 aromatic carbocycles. The maximum Gasteiger partial charge on any atom is 0.407 e. The number of carbonyl (C=O) groups is 2. The zero-order valence-corrected chi connectivity index (χ0v) is 14.7. The van der Waals surface area contributed by atoms with Gasteiger partial charge in [-0.3, -0.25) is 14.8 Å². The third-order valence-corrected chi connectivity index (χ3v) is 3.89. The van der Waals surface area contributed by atoms with E-state index in [0.717, 1.165) is 16.7 Å². The first-order valence-electron chi connectivity index (χ1n) is 8.51. The predicted octanol–water partition coefficient (Wildman–Crippen LogP) is 3.33. The molecule has 0 aliphatic rings. The topological polar surface area (TPSA) is 81.2 Å². The lowest BCUT2D eigenvalue weighted by Crippen LogP contribution is -2.23. The Hall–Kier alpha value is -3.54. The number of ketones is 1. The molecule has 0 atom stereocenters. The van der Waals surface area contributed by atoms with Crippen LogP contribution in [0.15, 0.2) is 73.3 Å². The molecule has 0 radical (unpaired) electrons. The number of ether oxygens (including phenoxy) is 1. The van der Waals surface area contributed by atoms with Crippen molar-refractivity contribution in [2.45, 2.75) is 19.6 Å². The molecule has 136 valence electrons. The van der Waals surface area contributed by atoms with E-state index in [0.29, 0.717) is 18.5 Å². The number of benzene rings is 1. The van der Waals surface area contributed by atoms with Crippen LogP contribution in [-0.2, 0) is 24.3 Å². The minimum absolute atomic E-state index is 0.0263. The summed E-state index contributed by atoms with van der Waals surface area (Å²) < 4.78 is 5.13. The quantitative estimate of drug-likeness (QED) is 0.653. The van der Waals surface area contributed by atoms with Gasteiger partial charge in [-0.05, 0) is 23.3 Å². The Morgan fingerprint density at radius 1 is 0.852 bits per heavy atom. The van der Waals surface area contributed by atoms with Gasteiger partial charge in [-0.1, -0.05) is 36.4 Å². The Morgan fingerprint density at radius 2 is 1.52 bits per heavy atom. The monoisotopic (exact) mass is 361 g/mol. The van der Waals surface area contributed by atoms with E-state index in [1.807, 2.05) is 30.3 Å². The smallest absolute Gasteiger partial charge is 0.407 e. The van der Waals surface area contributed by atoms with Crippen molar-refractivity contribution >= 4 is 11.9 Å². The van der Waals surface area contributed by atoms with Crippen LogP contribution in [-0.4, -0.2) is 21.8 Å². The van der Waals surface area contributed by atoms with E-state index in [1.54, 1.807) is 43.0 Å². The minimum atomic E-state index is -0.504. The van der Waals surface area contributed by atoms with E-state index in [1.165, 1.54) is 0 Å². The second-order valence-corrected chi connectivity index (χ2v) is 5.95. The van der Waals surface area contributed by atoms with Crippen molar-refractivity contribution in [3.05, 3.63) is 95.6 Å². The van der Waals surface area contributed by atoms with Crippen LogP contribution < -0.4 is 5.32 Å². The Kier molecular flexibility index (Phi) is 6.25. The van der Waals surface area contributed by atoms with E-state index in [4.69, 9.17) is 4.74 Å². The summed E-state index contributed by atoms with van der Waals surface area (Å²) in [6, 6.07) is 14.5. The standard InChI is InChI=1S/C21H19N3O3/c25-20(11-17-3-1-9-22-12-17)19-7-5-16(6-8-19)14-24-21(26)27-15-18-4-2-10-23-13-18/h1-10,12-13H,11,14-15H2,(H,24,26). The Morgan fingerprint density at radius 3 is 2.15 bits per heavy atom. The highest BCUT2D eigenvalue weighted by molar-refractivity contribution is 5.97. The molecule has 3 rings (SSSR count). The average Bonchev–Trinajstić information content (AvgIpc) is 2.72. The summed E-state index contributed by atoms with van der Waals surface area (Å²) in [5.41, 5.74) is 3.21. The summed E-state index contributed by atoms with van der Waals surface area (Å²) in [6.45, 7) is 0.490. The van der Waals surface area contributed by atoms with Gasteiger partial charge in [-0.15, -0.1) is 0 Å². The molecule has 0 spiro atoms. The van der Waals surface area contributed by atoms with Gasteiger partial charge in [-0.25, -0.2) is 4.79 Å². The Labute approximate surface area is 157 Å². The summed E-state index contributed by atoms with van der Waals surface area (Å²) >= 11 is 0. The Balaban J connectivity index is 1.46. The average molecular weight is 361 g/mol. The van der Waals surface area contributed by atoms with Gasteiger partial charge in [0.25, 0.3) is 0 Å². The van der Waals surface area contributed by atoms with Gasteiger partial charge in [0.15, 0.2) is 5.78 Å². The molecule has 0 aliphatic heterocycles. The van der Waals surface area contributed by atoms with Crippen LogP contribution in [0.4, 0.5) is 4.79 Å². The number of carbonyl (C=O) groups excluding carboxylic acids is 2. The molecule has 0 saturated carbocycles. The lowest BCUT2D eigenvalue weighted by molar-refractivity contribution is 0.0992. The molecule has 0 aliphatic carbocycles. The maximum absolute atomic E-state index is 12.3. The number of nitrogens with zero attached hydrogens (tertiary/aromatic N) is 2. The van der Waals surface area contributed by atoms with Crippen LogP contribution in [0, 0.1) is 0 Å². The van der Waals surface area contributed by atoms with Crippen molar-refractivity contribution in [2.24, 2.45) is 0 Å². The van der Waals surface area contributed by atoms with Crippen molar-refractivity contribution in [2.75, 3.05) is 0 Å². The van der Waals surface area contributed by atoms with Gasteiger partial charge in [0.2, 0.25) is 0 Å². The zero-order chi connectivity index (χ0) is 18.9. The number of hydrogen-bond acceptors (Lipinski definition) is 5. The first-order chi connectivity index (χ1) is 13.2. The number of aromatic nitrogens is 2. The number of rotatable bonds is 7. The maximum atomic E-state index is 12.3. The number of nitrogens with one attached hydrogen (secondary N) is 1. The molecule has 2 heterocycles. The molecule has 3 aromatic rings. The van der Waals surface area contributed by atoms with Gasteiger partial charge < -0.3 is 10.1 Å². The Bertz CT molecular complexity index is 882. The van der Waals surface area contributed by atoms with Crippen LogP contribution in [0.3, 0.4) is 0 Å². The van der Waals surface area contributed by atoms with E-state index < -0.39 is 6.09 Å². The number of hydrogen-bond donors (Lipinski definition) is 1.